The maximum absolute atomic E-state index is 12.1. The van der Waals surface area contributed by atoms with Crippen LogP contribution in [0.2, 0.25) is 0 Å². The molecule has 2 aromatic carbocycles. The Kier molecular flexibility index (Phi) is 5.36. The standard InChI is InChI=1S/C18H20N2O3/c1-4-23-16-11-6-5-9-15(16)20-18(22)17(21)19-14-10-7-8-12(2)13(14)3/h5-11H,4H2,1-3H3,(H,19,21)(H,20,22). The molecular formula is C18H20N2O3. The first kappa shape index (κ1) is 16.5. The molecule has 0 aliphatic heterocycles. The molecule has 0 fully saturated rings. The van der Waals surface area contributed by atoms with E-state index in [1.165, 1.54) is 0 Å². The number of para-hydroxylation sites is 2. The molecule has 2 aromatic rings. The first-order valence-electron chi connectivity index (χ1n) is 7.43. The first-order chi connectivity index (χ1) is 11.0. The van der Waals surface area contributed by atoms with Gasteiger partial charge < -0.3 is 15.4 Å². The number of ether oxygens (including phenoxy) is 1. The molecule has 0 aliphatic rings. The minimum absolute atomic E-state index is 0.468. The smallest absolute Gasteiger partial charge is 0.314 e. The fourth-order valence-corrected chi connectivity index (χ4v) is 2.10. The summed E-state index contributed by atoms with van der Waals surface area (Å²) in [5.74, 6) is -0.925. The maximum atomic E-state index is 12.1. The van der Waals surface area contributed by atoms with Crippen LogP contribution in [0.5, 0.6) is 5.75 Å². The van der Waals surface area contributed by atoms with Crippen LogP contribution in [0, 0.1) is 13.8 Å². The molecule has 5 heteroatoms. The van der Waals surface area contributed by atoms with Crippen LogP contribution in [-0.4, -0.2) is 18.4 Å². The molecule has 0 aromatic heterocycles. The van der Waals surface area contributed by atoms with Crippen molar-refractivity contribution < 1.29 is 14.3 Å². The second-order valence-corrected chi connectivity index (χ2v) is 5.08. The Bertz CT molecular complexity index is 726. The van der Waals surface area contributed by atoms with Crippen LogP contribution < -0.4 is 15.4 Å². The van der Waals surface area contributed by atoms with Crippen molar-refractivity contribution in [2.45, 2.75) is 20.8 Å². The summed E-state index contributed by atoms with van der Waals surface area (Å²) in [6.07, 6.45) is 0. The van der Waals surface area contributed by atoms with E-state index < -0.39 is 11.8 Å². The van der Waals surface area contributed by atoms with Crippen molar-refractivity contribution in [3.63, 3.8) is 0 Å². The minimum atomic E-state index is -0.738. The SMILES string of the molecule is CCOc1ccccc1NC(=O)C(=O)Nc1cccc(C)c1C. The molecule has 120 valence electrons. The molecule has 0 saturated carbocycles. The lowest BCUT2D eigenvalue weighted by atomic mass is 10.1. The van der Waals surface area contributed by atoms with E-state index in [2.05, 4.69) is 10.6 Å². The predicted octanol–water partition coefficient (Wildman–Crippen LogP) is 3.28. The molecule has 5 nitrogen and oxygen atoms in total. The number of hydrogen-bond donors (Lipinski definition) is 2. The first-order valence-corrected chi connectivity index (χ1v) is 7.43. The van der Waals surface area contributed by atoms with Gasteiger partial charge in [-0.2, -0.15) is 0 Å². The predicted molar refractivity (Wildman–Crippen MR) is 90.8 cm³/mol. The summed E-state index contributed by atoms with van der Waals surface area (Å²) >= 11 is 0. The summed E-state index contributed by atoms with van der Waals surface area (Å²) in [6, 6.07) is 12.5. The van der Waals surface area contributed by atoms with Crippen molar-refractivity contribution in [3.8, 4) is 5.75 Å². The number of benzene rings is 2. The van der Waals surface area contributed by atoms with E-state index in [4.69, 9.17) is 4.74 Å². The fraction of sp³-hybridized carbons (Fsp3) is 0.222. The normalized spacial score (nSPS) is 10.0. The van der Waals surface area contributed by atoms with Gasteiger partial charge in [0.2, 0.25) is 0 Å². The van der Waals surface area contributed by atoms with Gasteiger partial charge in [-0.15, -0.1) is 0 Å². The summed E-state index contributed by atoms with van der Waals surface area (Å²) in [4.78, 5) is 24.2. The molecule has 0 radical (unpaired) electrons. The number of carbonyl (C=O) groups is 2. The second-order valence-electron chi connectivity index (χ2n) is 5.08. The van der Waals surface area contributed by atoms with Crippen molar-refractivity contribution in [3.05, 3.63) is 53.6 Å². The third kappa shape index (κ3) is 4.10. The van der Waals surface area contributed by atoms with Crippen molar-refractivity contribution in [1.29, 1.82) is 0 Å². The Morgan fingerprint density at radius 3 is 2.22 bits per heavy atom. The molecule has 0 bridgehead atoms. The molecule has 0 spiro atoms. The highest BCUT2D eigenvalue weighted by atomic mass is 16.5. The zero-order valence-corrected chi connectivity index (χ0v) is 13.5. The van der Waals surface area contributed by atoms with Gasteiger partial charge in [0, 0.05) is 5.69 Å². The average molecular weight is 312 g/mol. The van der Waals surface area contributed by atoms with Gasteiger partial charge in [-0.25, -0.2) is 0 Å². The van der Waals surface area contributed by atoms with Crippen LogP contribution in [0.1, 0.15) is 18.1 Å². The van der Waals surface area contributed by atoms with Gasteiger partial charge in [0.15, 0.2) is 0 Å². The Labute approximate surface area is 135 Å². The van der Waals surface area contributed by atoms with Crippen molar-refractivity contribution >= 4 is 23.2 Å². The lowest BCUT2D eigenvalue weighted by Gasteiger charge is -2.12. The Balaban J connectivity index is 2.09. The van der Waals surface area contributed by atoms with Crippen LogP contribution in [0.3, 0.4) is 0 Å². The molecule has 0 aliphatic carbocycles. The summed E-state index contributed by atoms with van der Waals surface area (Å²) in [7, 11) is 0. The molecular weight excluding hydrogens is 292 g/mol. The quantitative estimate of drug-likeness (QED) is 0.851. The molecule has 0 heterocycles. The van der Waals surface area contributed by atoms with Gasteiger partial charge in [-0.1, -0.05) is 24.3 Å². The minimum Gasteiger partial charge on any atom is -0.492 e. The third-order valence-electron chi connectivity index (χ3n) is 3.49. The topological polar surface area (TPSA) is 67.4 Å². The number of amides is 2. The summed E-state index contributed by atoms with van der Waals surface area (Å²) in [5.41, 5.74) is 3.08. The molecule has 2 rings (SSSR count). The molecule has 2 amide bonds. The molecule has 0 saturated heterocycles. The summed E-state index contributed by atoms with van der Waals surface area (Å²) in [6.45, 7) is 6.17. The van der Waals surface area contributed by atoms with Crippen LogP contribution in [-0.2, 0) is 9.59 Å². The van der Waals surface area contributed by atoms with Gasteiger partial charge in [-0.05, 0) is 50.1 Å². The van der Waals surface area contributed by atoms with Crippen molar-refractivity contribution in [2.75, 3.05) is 17.2 Å². The molecule has 0 unspecified atom stereocenters. The lowest BCUT2D eigenvalue weighted by Crippen LogP contribution is -2.29. The van der Waals surface area contributed by atoms with Gasteiger partial charge in [0.05, 0.1) is 12.3 Å². The van der Waals surface area contributed by atoms with Crippen LogP contribution in [0.15, 0.2) is 42.5 Å². The highest BCUT2D eigenvalue weighted by Crippen LogP contribution is 2.24. The van der Waals surface area contributed by atoms with Gasteiger partial charge in [-0.3, -0.25) is 9.59 Å². The second kappa shape index (κ2) is 7.45. The van der Waals surface area contributed by atoms with Crippen molar-refractivity contribution in [1.82, 2.24) is 0 Å². The van der Waals surface area contributed by atoms with E-state index in [0.29, 0.717) is 23.7 Å². The zero-order valence-electron chi connectivity index (χ0n) is 13.5. The number of hydrogen-bond acceptors (Lipinski definition) is 3. The van der Waals surface area contributed by atoms with Crippen molar-refractivity contribution in [2.24, 2.45) is 0 Å². The van der Waals surface area contributed by atoms with E-state index in [-0.39, 0.29) is 0 Å². The van der Waals surface area contributed by atoms with Crippen LogP contribution >= 0.6 is 0 Å². The van der Waals surface area contributed by atoms with E-state index in [9.17, 15) is 9.59 Å². The average Bonchev–Trinajstić information content (AvgIpc) is 2.54. The van der Waals surface area contributed by atoms with Crippen LogP contribution in [0.4, 0.5) is 11.4 Å². The van der Waals surface area contributed by atoms with Crippen LogP contribution in [0.25, 0.3) is 0 Å². The lowest BCUT2D eigenvalue weighted by molar-refractivity contribution is -0.133. The highest BCUT2D eigenvalue weighted by Gasteiger charge is 2.17. The highest BCUT2D eigenvalue weighted by molar-refractivity contribution is 6.43. The molecule has 23 heavy (non-hydrogen) atoms. The maximum Gasteiger partial charge on any atom is 0.314 e. The monoisotopic (exact) mass is 312 g/mol. The number of aryl methyl sites for hydroxylation is 1. The van der Waals surface area contributed by atoms with E-state index >= 15 is 0 Å². The molecule has 2 N–H and O–H groups in total. The van der Waals surface area contributed by atoms with Gasteiger partial charge >= 0.3 is 11.8 Å². The Morgan fingerprint density at radius 2 is 1.52 bits per heavy atom. The number of nitrogens with one attached hydrogen (secondary N) is 2. The largest absolute Gasteiger partial charge is 0.492 e. The van der Waals surface area contributed by atoms with E-state index in [0.717, 1.165) is 11.1 Å². The van der Waals surface area contributed by atoms with E-state index in [1.807, 2.05) is 32.9 Å². The Morgan fingerprint density at radius 1 is 0.913 bits per heavy atom. The number of carbonyl (C=O) groups excluding carboxylic acids is 2. The third-order valence-corrected chi connectivity index (χ3v) is 3.49. The van der Waals surface area contributed by atoms with E-state index in [1.54, 1.807) is 30.3 Å². The Hall–Kier alpha value is -2.82. The van der Waals surface area contributed by atoms with Gasteiger partial charge in [0.1, 0.15) is 5.75 Å². The zero-order chi connectivity index (χ0) is 16.8. The van der Waals surface area contributed by atoms with Gasteiger partial charge in [0.25, 0.3) is 0 Å². The number of rotatable bonds is 4. The number of anilines is 2. The molecule has 0 atom stereocenters. The summed E-state index contributed by atoms with van der Waals surface area (Å²) < 4.78 is 5.42. The fourth-order valence-electron chi connectivity index (χ4n) is 2.10. The summed E-state index contributed by atoms with van der Waals surface area (Å²) in [5, 5.41) is 5.20.